The molecule has 0 unspecified atom stereocenters. The van der Waals surface area contributed by atoms with Crippen LogP contribution in [-0.4, -0.2) is 59.5 Å². The van der Waals surface area contributed by atoms with Gasteiger partial charge in [-0.3, -0.25) is 9.59 Å². The predicted molar refractivity (Wildman–Crippen MR) is 131 cm³/mol. The molecule has 2 aromatic carbocycles. The first kappa shape index (κ1) is 24.1. The molecule has 0 atom stereocenters. The van der Waals surface area contributed by atoms with Crippen molar-refractivity contribution >= 4 is 26.7 Å². The van der Waals surface area contributed by atoms with Crippen molar-refractivity contribution < 1.29 is 13.2 Å². The van der Waals surface area contributed by atoms with Gasteiger partial charge in [0.1, 0.15) is 6.54 Å². The Balaban J connectivity index is 1.44. The molecule has 0 aliphatic carbocycles. The van der Waals surface area contributed by atoms with E-state index in [1.807, 2.05) is 24.3 Å². The molecule has 0 radical (unpaired) electrons. The maximum Gasteiger partial charge on any atom is 0.275 e. The third-order valence-corrected chi connectivity index (χ3v) is 8.20. The number of amides is 1. The summed E-state index contributed by atoms with van der Waals surface area (Å²) in [6, 6.07) is 14.2. The third-order valence-electron chi connectivity index (χ3n) is 6.29. The lowest BCUT2D eigenvalue weighted by Gasteiger charge is -2.34. The molecule has 0 N–H and O–H groups in total. The summed E-state index contributed by atoms with van der Waals surface area (Å²) >= 11 is 0. The van der Waals surface area contributed by atoms with Crippen molar-refractivity contribution in [1.29, 1.82) is 0 Å². The minimum atomic E-state index is -3.64. The zero-order chi connectivity index (χ0) is 24.7. The van der Waals surface area contributed by atoms with Crippen molar-refractivity contribution in [3.05, 3.63) is 70.1 Å². The smallest absolute Gasteiger partial charge is 0.275 e. The van der Waals surface area contributed by atoms with Crippen molar-refractivity contribution in [3.63, 3.8) is 0 Å². The number of aryl methyl sites for hydroxylation is 1. The number of hydrogen-bond acceptors (Lipinski definition) is 5. The van der Waals surface area contributed by atoms with Crippen LogP contribution in [0.4, 0.5) is 0 Å². The average molecular weight is 483 g/mol. The largest absolute Gasteiger partial charge is 0.338 e. The SMILES string of the molecule is Cc1nn(CC(=O)N2CCN(S(=O)(=O)c3ccc(C(C)(C)C)cc3)CC2)c(=O)c2ccccc12. The van der Waals surface area contributed by atoms with Gasteiger partial charge in [-0.1, -0.05) is 51.1 Å². The van der Waals surface area contributed by atoms with Crippen molar-refractivity contribution in [3.8, 4) is 0 Å². The summed E-state index contributed by atoms with van der Waals surface area (Å²) in [7, 11) is -3.64. The molecule has 1 aliphatic rings. The van der Waals surface area contributed by atoms with Gasteiger partial charge in [-0.05, 0) is 36.1 Å². The van der Waals surface area contributed by atoms with Gasteiger partial charge < -0.3 is 4.90 Å². The van der Waals surface area contributed by atoms with Gasteiger partial charge in [0.05, 0.1) is 16.0 Å². The van der Waals surface area contributed by atoms with E-state index in [9.17, 15) is 18.0 Å². The number of nitrogens with zero attached hydrogens (tertiary/aromatic N) is 4. The molecule has 0 saturated carbocycles. The number of aromatic nitrogens is 2. The first-order valence-electron chi connectivity index (χ1n) is 11.3. The number of carbonyl (C=O) groups is 1. The molecule has 34 heavy (non-hydrogen) atoms. The maximum absolute atomic E-state index is 13.1. The van der Waals surface area contributed by atoms with Crippen LogP contribution in [-0.2, 0) is 26.8 Å². The Labute approximate surface area is 199 Å². The Morgan fingerprint density at radius 3 is 2.12 bits per heavy atom. The minimum Gasteiger partial charge on any atom is -0.338 e. The van der Waals surface area contributed by atoms with E-state index in [-0.39, 0.29) is 54.5 Å². The van der Waals surface area contributed by atoms with Crippen LogP contribution in [0.15, 0.2) is 58.2 Å². The zero-order valence-corrected chi connectivity index (χ0v) is 20.8. The molecule has 1 aliphatic heterocycles. The summed E-state index contributed by atoms with van der Waals surface area (Å²) < 4.78 is 28.8. The van der Waals surface area contributed by atoms with Gasteiger partial charge in [0, 0.05) is 31.6 Å². The lowest BCUT2D eigenvalue weighted by molar-refractivity contribution is -0.133. The first-order chi connectivity index (χ1) is 16.0. The Bertz CT molecular complexity index is 1380. The topological polar surface area (TPSA) is 92.6 Å². The average Bonchev–Trinajstić information content (AvgIpc) is 2.82. The van der Waals surface area contributed by atoms with Crippen molar-refractivity contribution in [2.24, 2.45) is 0 Å². The summed E-state index contributed by atoms with van der Waals surface area (Å²) in [5, 5.41) is 5.60. The molecule has 180 valence electrons. The Morgan fingerprint density at radius 2 is 1.53 bits per heavy atom. The third kappa shape index (κ3) is 4.63. The quantitative estimate of drug-likeness (QED) is 0.570. The van der Waals surface area contributed by atoms with Gasteiger partial charge >= 0.3 is 0 Å². The highest BCUT2D eigenvalue weighted by Crippen LogP contribution is 2.25. The van der Waals surface area contributed by atoms with Gasteiger partial charge in [-0.25, -0.2) is 13.1 Å². The molecule has 4 rings (SSSR count). The van der Waals surface area contributed by atoms with Crippen LogP contribution in [0.1, 0.15) is 32.0 Å². The fourth-order valence-corrected chi connectivity index (χ4v) is 5.62. The van der Waals surface area contributed by atoms with E-state index in [0.29, 0.717) is 11.1 Å². The highest BCUT2D eigenvalue weighted by molar-refractivity contribution is 7.89. The number of hydrogen-bond donors (Lipinski definition) is 0. The number of carbonyl (C=O) groups excluding carboxylic acids is 1. The lowest BCUT2D eigenvalue weighted by atomic mass is 9.87. The first-order valence-corrected chi connectivity index (χ1v) is 12.8. The standard InChI is InChI=1S/C25H30N4O4S/c1-18-21-7-5-6-8-22(21)24(31)29(26-18)17-23(30)27-13-15-28(16-14-27)34(32,33)20-11-9-19(10-12-20)25(2,3)4/h5-12H,13-17H2,1-4H3. The van der Waals surface area contributed by atoms with Crippen LogP contribution in [0.25, 0.3) is 10.8 Å². The summed E-state index contributed by atoms with van der Waals surface area (Å²) in [5.41, 5.74) is 1.37. The molecule has 3 aromatic rings. The van der Waals surface area contributed by atoms with E-state index < -0.39 is 10.0 Å². The molecule has 0 spiro atoms. The second-order valence-electron chi connectivity index (χ2n) is 9.65. The molecule has 9 heteroatoms. The van der Waals surface area contributed by atoms with Crippen molar-refractivity contribution in [2.75, 3.05) is 26.2 Å². The number of fused-ring (bicyclic) bond motifs is 1. The molecular weight excluding hydrogens is 452 g/mol. The van der Waals surface area contributed by atoms with E-state index in [0.717, 1.165) is 10.9 Å². The highest BCUT2D eigenvalue weighted by atomic mass is 32.2. The molecule has 2 heterocycles. The molecule has 1 saturated heterocycles. The number of benzene rings is 2. The fourth-order valence-electron chi connectivity index (χ4n) is 4.19. The van der Waals surface area contributed by atoms with Gasteiger partial charge in [0.15, 0.2) is 0 Å². The highest BCUT2D eigenvalue weighted by Gasteiger charge is 2.30. The second kappa shape index (κ2) is 8.96. The minimum absolute atomic E-state index is 0.0608. The normalized spacial score (nSPS) is 15.6. The van der Waals surface area contributed by atoms with Gasteiger partial charge in [-0.15, -0.1) is 0 Å². The summed E-state index contributed by atoms with van der Waals surface area (Å²) in [6.45, 7) is 8.80. The Morgan fingerprint density at radius 1 is 0.941 bits per heavy atom. The molecule has 1 aromatic heterocycles. The second-order valence-corrected chi connectivity index (χ2v) is 11.6. The van der Waals surface area contributed by atoms with E-state index in [2.05, 4.69) is 25.9 Å². The van der Waals surface area contributed by atoms with Crippen LogP contribution in [0.5, 0.6) is 0 Å². The molecule has 8 nitrogen and oxygen atoms in total. The van der Waals surface area contributed by atoms with E-state index >= 15 is 0 Å². The van der Waals surface area contributed by atoms with Gasteiger partial charge in [-0.2, -0.15) is 9.40 Å². The van der Waals surface area contributed by atoms with Crippen LogP contribution in [0, 0.1) is 6.92 Å². The Hall–Kier alpha value is -3.04. The van der Waals surface area contributed by atoms with E-state index in [1.165, 1.54) is 8.99 Å². The maximum atomic E-state index is 13.1. The van der Waals surface area contributed by atoms with Crippen LogP contribution in [0.3, 0.4) is 0 Å². The monoisotopic (exact) mass is 482 g/mol. The predicted octanol–water partition coefficient (Wildman–Crippen LogP) is 2.54. The van der Waals surface area contributed by atoms with E-state index in [4.69, 9.17) is 0 Å². The van der Waals surface area contributed by atoms with Crippen LogP contribution >= 0.6 is 0 Å². The van der Waals surface area contributed by atoms with Crippen molar-refractivity contribution in [2.45, 2.75) is 44.6 Å². The van der Waals surface area contributed by atoms with E-state index in [1.54, 1.807) is 36.1 Å². The number of piperazine rings is 1. The number of sulfonamides is 1. The fraction of sp³-hybridized carbons (Fsp3) is 0.400. The summed E-state index contributed by atoms with van der Waals surface area (Å²) in [4.78, 5) is 27.5. The van der Waals surface area contributed by atoms with Crippen LogP contribution in [0.2, 0.25) is 0 Å². The lowest BCUT2D eigenvalue weighted by Crippen LogP contribution is -2.51. The van der Waals surface area contributed by atoms with Gasteiger partial charge in [0.25, 0.3) is 5.56 Å². The number of rotatable bonds is 4. The zero-order valence-electron chi connectivity index (χ0n) is 20.0. The van der Waals surface area contributed by atoms with Gasteiger partial charge in [0.2, 0.25) is 15.9 Å². The Kier molecular flexibility index (Phi) is 6.35. The molecular formula is C25H30N4O4S. The van der Waals surface area contributed by atoms with Crippen molar-refractivity contribution in [1.82, 2.24) is 19.0 Å². The molecule has 0 bridgehead atoms. The summed E-state index contributed by atoms with van der Waals surface area (Å²) in [5.74, 6) is -0.254. The summed E-state index contributed by atoms with van der Waals surface area (Å²) in [6.07, 6.45) is 0. The molecule has 1 fully saturated rings. The van der Waals surface area contributed by atoms with Crippen LogP contribution < -0.4 is 5.56 Å². The molecule has 1 amide bonds.